The zero-order valence-electron chi connectivity index (χ0n) is 64.3. The van der Waals surface area contributed by atoms with Gasteiger partial charge in [0.15, 0.2) is 0 Å². The van der Waals surface area contributed by atoms with Gasteiger partial charge in [-0.05, 0) is 171 Å². The van der Waals surface area contributed by atoms with E-state index in [9.17, 15) is 10.2 Å². The molecule has 0 fully saturated rings. The van der Waals surface area contributed by atoms with Crippen LogP contribution in [0.15, 0.2) is 291 Å². The van der Waals surface area contributed by atoms with Gasteiger partial charge in [-0.15, -0.1) is 0 Å². The molecule has 2 unspecified atom stereocenters. The van der Waals surface area contributed by atoms with Crippen LogP contribution in [0.3, 0.4) is 0 Å². The molecule has 2 N–H and O–H groups in total. The van der Waals surface area contributed by atoms with Gasteiger partial charge in [-0.2, -0.15) is 0 Å². The Balaban J connectivity index is 0.000000268. The van der Waals surface area contributed by atoms with Crippen LogP contribution < -0.4 is 39.7 Å². The minimum Gasteiger partial charge on any atom is -0.497 e. The first-order valence-corrected chi connectivity index (χ1v) is 41.8. The van der Waals surface area contributed by atoms with Crippen molar-refractivity contribution < 1.29 is 47.5 Å². The molecular weight excluding hydrogens is 1360 g/mol. The van der Waals surface area contributed by atoms with Crippen LogP contribution in [0.2, 0.25) is 10.1 Å². The highest BCUT2D eigenvalue weighted by molar-refractivity contribution is 7.00. The van der Waals surface area contributed by atoms with Gasteiger partial charge in [0.1, 0.15) is 34.2 Å². The fourth-order valence-electron chi connectivity index (χ4n) is 14.9. The van der Waals surface area contributed by atoms with Gasteiger partial charge in [0.25, 0.3) is 16.6 Å². The van der Waals surface area contributed by atoms with E-state index in [0.717, 1.165) is 121 Å². The lowest BCUT2D eigenvalue weighted by Gasteiger charge is -2.43. The molecule has 2 atom stereocenters. The average Bonchev–Trinajstić information content (AvgIpc) is 0.778. The number of benzene rings is 10. The second-order valence-electron chi connectivity index (χ2n) is 29.3. The van der Waals surface area contributed by atoms with Crippen LogP contribution in [0.4, 0.5) is 0 Å². The Morgan fingerprint density at radius 2 is 0.542 bits per heavy atom. The summed E-state index contributed by atoms with van der Waals surface area (Å²) in [5, 5.41) is 26.9. The lowest BCUT2D eigenvalue weighted by atomic mass is 9.80. The van der Waals surface area contributed by atoms with Crippen molar-refractivity contribution in [3.05, 3.63) is 325 Å². The first-order chi connectivity index (χ1) is 51.5. The number of rotatable bonds is 39. The molecule has 0 spiro atoms. The van der Waals surface area contributed by atoms with Crippen LogP contribution in [0.1, 0.15) is 159 Å². The monoisotopic (exact) mass is 1470 g/mol. The number of hydrogen-bond acceptors (Lipinski definition) is 10. The third-order valence-electron chi connectivity index (χ3n) is 20.4. The molecule has 0 aliphatic rings. The SMILES string of the molecule is C.COc1ccc(C(OCCCCC/C=C/CCCO[Si](c2ccccc2)(c2ccccc2)C(C)(C)C)(c2ccccc2)c2ccc(OC)cc2)cc1.COc1ccc(C(OCCCCCC(O)C(O)CCCO[Si](c2ccccc2)(c2ccccc2)C(C)(C)C)(c2ccccc2)c2ccc(OC)cc2)cc1. The van der Waals surface area contributed by atoms with E-state index < -0.39 is 40.0 Å². The molecule has 10 nitrogen and oxygen atoms in total. The largest absolute Gasteiger partial charge is 0.497 e. The van der Waals surface area contributed by atoms with Gasteiger partial charge in [-0.25, -0.2) is 0 Å². The summed E-state index contributed by atoms with van der Waals surface area (Å²) in [6.45, 7) is 16.2. The Kier molecular flexibility index (Phi) is 32.7. The van der Waals surface area contributed by atoms with Crippen LogP contribution in [-0.4, -0.2) is 93.9 Å². The molecule has 566 valence electrons. The lowest BCUT2D eigenvalue weighted by Crippen LogP contribution is -2.66. The molecule has 0 aliphatic carbocycles. The first-order valence-electron chi connectivity index (χ1n) is 38.0. The maximum absolute atomic E-state index is 11.0. The highest BCUT2D eigenvalue weighted by Crippen LogP contribution is 2.45. The van der Waals surface area contributed by atoms with Gasteiger partial charge in [0.2, 0.25) is 0 Å². The molecule has 0 saturated carbocycles. The quantitative estimate of drug-likeness (QED) is 0.0167. The minimum atomic E-state index is -2.64. The summed E-state index contributed by atoms with van der Waals surface area (Å²) in [6.07, 6.45) is 13.5. The van der Waals surface area contributed by atoms with E-state index >= 15 is 0 Å². The van der Waals surface area contributed by atoms with Gasteiger partial charge in [0, 0.05) is 26.4 Å². The number of aliphatic hydroxyl groups is 2. The highest BCUT2D eigenvalue weighted by atomic mass is 28.4. The van der Waals surface area contributed by atoms with Gasteiger partial charge in [-0.1, -0.05) is 311 Å². The van der Waals surface area contributed by atoms with Gasteiger partial charge < -0.3 is 47.5 Å². The summed E-state index contributed by atoms with van der Waals surface area (Å²) in [5.41, 5.74) is 4.61. The van der Waals surface area contributed by atoms with Crippen LogP contribution in [0.25, 0.3) is 0 Å². The van der Waals surface area contributed by atoms with Gasteiger partial charge in [0.05, 0.1) is 40.6 Å². The van der Waals surface area contributed by atoms with Crippen LogP contribution in [-0.2, 0) is 29.5 Å². The lowest BCUT2D eigenvalue weighted by molar-refractivity contribution is 0.00123. The van der Waals surface area contributed by atoms with Crippen molar-refractivity contribution in [2.24, 2.45) is 0 Å². The summed E-state index contributed by atoms with van der Waals surface area (Å²) < 4.78 is 49.9. The van der Waals surface area contributed by atoms with E-state index in [2.05, 4.69) is 248 Å². The molecule has 12 heteroatoms. The molecule has 10 aromatic rings. The van der Waals surface area contributed by atoms with Crippen molar-refractivity contribution in [1.82, 2.24) is 0 Å². The third-order valence-corrected chi connectivity index (χ3v) is 30.5. The molecule has 0 bridgehead atoms. The molecule has 0 aliphatic heterocycles. The second kappa shape index (κ2) is 41.6. The van der Waals surface area contributed by atoms with E-state index in [-0.39, 0.29) is 17.5 Å². The first kappa shape index (κ1) is 84.0. The van der Waals surface area contributed by atoms with E-state index in [0.29, 0.717) is 39.1 Å². The summed E-state index contributed by atoms with van der Waals surface area (Å²) in [7, 11) is 1.61. The molecule has 107 heavy (non-hydrogen) atoms. The van der Waals surface area contributed by atoms with Crippen molar-refractivity contribution >= 4 is 37.4 Å². The van der Waals surface area contributed by atoms with Crippen LogP contribution in [0.5, 0.6) is 23.0 Å². The van der Waals surface area contributed by atoms with E-state index in [4.69, 9.17) is 37.3 Å². The summed E-state index contributed by atoms with van der Waals surface area (Å²) >= 11 is 0. The molecule has 0 saturated heterocycles. The molecule has 0 heterocycles. The van der Waals surface area contributed by atoms with E-state index in [1.165, 1.54) is 20.7 Å². The summed E-state index contributed by atoms with van der Waals surface area (Å²) in [5.74, 6) is 3.20. The fourth-order valence-corrected chi connectivity index (χ4v) is 24.1. The standard InChI is InChI=1S/C47H58O6Si.C47H56O4Si.CH4/c1-46(2,3)54(42-21-12-7-13-22-42,43-23-14-8-15-24-43)53-36-18-26-45(49)44(48)25-16-9-17-35-52-47(37-19-10-6-11-20-37,38-27-31-40(50-4)32-28-38)39-29-33-41(51-5)34-30-39;1-46(2,3)52(44-25-17-13-18-26-44,45-27-19-14-20-28-45)51-38-22-11-9-7-6-8-10-21-37-50-47(39-23-15-12-16-24-39,40-29-33-42(48-4)34-30-40)41-31-35-43(49-5)36-32-41;/h6-8,10-15,19-24,27-34,44-45,48-49H,9,16-18,25-26,35-36H2,1-5H3;7,9,12-20,23-36H,6,8,10-11,21-22,37-38H2,1-5H3;1H4/b;9-7+;. The Morgan fingerprint density at radius 3 is 0.832 bits per heavy atom. The van der Waals surface area contributed by atoms with Gasteiger partial charge in [-0.3, -0.25) is 0 Å². The van der Waals surface area contributed by atoms with Crippen molar-refractivity contribution in [3.8, 4) is 23.0 Å². The van der Waals surface area contributed by atoms with Crippen LogP contribution >= 0.6 is 0 Å². The zero-order valence-corrected chi connectivity index (χ0v) is 66.3. The summed E-state index contributed by atoms with van der Waals surface area (Å²) in [6, 6.07) is 96.4. The Hall–Kier alpha value is -8.67. The smallest absolute Gasteiger partial charge is 0.261 e. The molecule has 10 aromatic carbocycles. The molecular formula is C95H118O10Si2. The second-order valence-corrected chi connectivity index (χ2v) is 37.9. The van der Waals surface area contributed by atoms with Crippen molar-refractivity contribution in [1.29, 1.82) is 0 Å². The van der Waals surface area contributed by atoms with Gasteiger partial charge >= 0.3 is 0 Å². The molecule has 0 amide bonds. The minimum absolute atomic E-state index is 0. The Morgan fingerprint density at radius 1 is 0.290 bits per heavy atom. The topological polar surface area (TPSA) is 114 Å². The summed E-state index contributed by atoms with van der Waals surface area (Å²) in [4.78, 5) is 0. The van der Waals surface area contributed by atoms with Crippen molar-refractivity contribution in [2.75, 3.05) is 54.9 Å². The number of ether oxygens (including phenoxy) is 6. The number of allylic oxidation sites excluding steroid dienone is 2. The maximum atomic E-state index is 11.0. The number of aliphatic hydroxyl groups excluding tert-OH is 2. The van der Waals surface area contributed by atoms with E-state index in [1.807, 2.05) is 84.9 Å². The predicted molar refractivity (Wildman–Crippen MR) is 447 cm³/mol. The number of methoxy groups -OCH3 is 4. The fraction of sp³-hybridized carbons (Fsp3) is 0.347. The van der Waals surface area contributed by atoms with Crippen molar-refractivity contribution in [2.45, 2.75) is 160 Å². The number of hydrogen-bond donors (Lipinski definition) is 2. The normalized spacial score (nSPS) is 12.7. The molecule has 0 radical (unpaired) electrons. The molecule has 0 aromatic heterocycles. The Labute approximate surface area is 643 Å². The van der Waals surface area contributed by atoms with Crippen LogP contribution in [0, 0.1) is 0 Å². The zero-order chi connectivity index (χ0) is 75.1. The maximum Gasteiger partial charge on any atom is 0.261 e. The van der Waals surface area contributed by atoms with Crippen molar-refractivity contribution in [3.63, 3.8) is 0 Å². The predicted octanol–water partition coefficient (Wildman–Crippen LogP) is 19.8. The van der Waals surface area contributed by atoms with E-state index in [1.54, 1.807) is 28.4 Å². The third kappa shape index (κ3) is 21.2. The average molecular weight is 1480 g/mol. The Bertz CT molecular complexity index is 3920. The number of unbranched alkanes of at least 4 members (excludes halogenated alkanes) is 6. The highest BCUT2D eigenvalue weighted by Gasteiger charge is 2.51. The molecule has 10 rings (SSSR count).